The Kier molecular flexibility index (Phi) is 5.64. The molecule has 0 bridgehead atoms. The molecule has 1 heterocycles. The van der Waals surface area contributed by atoms with Gasteiger partial charge in [-0.25, -0.2) is 4.79 Å². The molecule has 0 saturated heterocycles. The lowest BCUT2D eigenvalue weighted by molar-refractivity contribution is -0.119. The van der Waals surface area contributed by atoms with E-state index in [2.05, 4.69) is 26.2 Å². The van der Waals surface area contributed by atoms with E-state index < -0.39 is 18.5 Å². The van der Waals surface area contributed by atoms with Crippen LogP contribution in [0.15, 0.2) is 34.9 Å². The molecule has 2 rings (SSSR count). The first-order valence-corrected chi connectivity index (χ1v) is 7.35. The Labute approximate surface area is 141 Å². The molecule has 23 heavy (non-hydrogen) atoms. The van der Waals surface area contributed by atoms with Gasteiger partial charge < -0.3 is 24.5 Å². The molecular weight excluding hydrogens is 368 g/mol. The normalized spacial score (nSPS) is 10.0. The van der Waals surface area contributed by atoms with Crippen LogP contribution in [-0.4, -0.2) is 37.7 Å². The van der Waals surface area contributed by atoms with E-state index in [4.69, 9.17) is 14.2 Å². The fourth-order valence-corrected chi connectivity index (χ4v) is 2.11. The highest BCUT2D eigenvalue weighted by Gasteiger charge is 2.12. The molecule has 2 N–H and O–H groups in total. The Bertz CT molecular complexity index is 691. The van der Waals surface area contributed by atoms with Gasteiger partial charge in [-0.2, -0.15) is 0 Å². The van der Waals surface area contributed by atoms with E-state index >= 15 is 0 Å². The highest BCUT2D eigenvalue weighted by atomic mass is 79.9. The predicted molar refractivity (Wildman–Crippen MR) is 87.0 cm³/mol. The van der Waals surface area contributed by atoms with Crippen LogP contribution >= 0.6 is 15.9 Å². The van der Waals surface area contributed by atoms with Crippen molar-refractivity contribution in [3.05, 3.63) is 40.6 Å². The number of rotatable bonds is 6. The maximum absolute atomic E-state index is 11.9. The molecule has 1 amide bonds. The Hall–Kier alpha value is -2.48. The zero-order valence-corrected chi connectivity index (χ0v) is 14.1. The number of H-pyrrole nitrogens is 1. The molecule has 0 fully saturated rings. The van der Waals surface area contributed by atoms with E-state index in [1.54, 1.807) is 30.5 Å². The summed E-state index contributed by atoms with van der Waals surface area (Å²) in [5.41, 5.74) is 0.734. The Morgan fingerprint density at radius 1 is 1.13 bits per heavy atom. The van der Waals surface area contributed by atoms with Crippen LogP contribution in [0.2, 0.25) is 0 Å². The summed E-state index contributed by atoms with van der Waals surface area (Å²) in [7, 11) is 3.02. The number of carbonyl (C=O) groups is 2. The Balaban J connectivity index is 1.93. The highest BCUT2D eigenvalue weighted by molar-refractivity contribution is 9.10. The zero-order chi connectivity index (χ0) is 16.8. The first-order chi connectivity index (χ1) is 11.0. The number of anilines is 1. The summed E-state index contributed by atoms with van der Waals surface area (Å²) in [5.74, 6) is -0.0193. The van der Waals surface area contributed by atoms with Gasteiger partial charge in [-0.3, -0.25) is 4.79 Å². The number of hydrogen-bond acceptors (Lipinski definition) is 5. The number of halogens is 1. The average molecular weight is 383 g/mol. The topological polar surface area (TPSA) is 89.6 Å². The minimum atomic E-state index is -0.617. The quantitative estimate of drug-likeness (QED) is 0.749. The van der Waals surface area contributed by atoms with Crippen molar-refractivity contribution in [2.75, 3.05) is 26.1 Å². The minimum absolute atomic E-state index is 0.257. The fraction of sp³-hybridized carbons (Fsp3) is 0.200. The minimum Gasteiger partial charge on any atom is -0.497 e. The molecule has 7 nitrogen and oxygen atoms in total. The molecule has 0 saturated carbocycles. The summed E-state index contributed by atoms with van der Waals surface area (Å²) in [4.78, 5) is 26.3. The van der Waals surface area contributed by atoms with Crippen LogP contribution in [0.25, 0.3) is 0 Å². The predicted octanol–water partition coefficient (Wildman–Crippen LogP) is 2.59. The van der Waals surface area contributed by atoms with Crippen molar-refractivity contribution in [1.29, 1.82) is 0 Å². The summed E-state index contributed by atoms with van der Waals surface area (Å²) in [6.07, 6.45) is 1.60. The van der Waals surface area contributed by atoms with Crippen LogP contribution in [0, 0.1) is 0 Å². The van der Waals surface area contributed by atoms with E-state index in [0.717, 1.165) is 4.47 Å². The molecule has 0 radical (unpaired) electrons. The lowest BCUT2D eigenvalue weighted by Gasteiger charge is -2.10. The molecule has 122 valence electrons. The van der Waals surface area contributed by atoms with Gasteiger partial charge in [-0.15, -0.1) is 0 Å². The van der Waals surface area contributed by atoms with Crippen molar-refractivity contribution < 1.29 is 23.8 Å². The van der Waals surface area contributed by atoms with Crippen LogP contribution in [0.4, 0.5) is 5.69 Å². The summed E-state index contributed by atoms with van der Waals surface area (Å²) >= 11 is 3.21. The number of aromatic nitrogens is 1. The summed E-state index contributed by atoms with van der Waals surface area (Å²) in [6, 6.07) is 6.50. The number of carbonyl (C=O) groups excluding carboxylic acids is 2. The van der Waals surface area contributed by atoms with Crippen LogP contribution in [-0.2, 0) is 9.53 Å². The van der Waals surface area contributed by atoms with Crippen molar-refractivity contribution in [3.63, 3.8) is 0 Å². The van der Waals surface area contributed by atoms with Gasteiger partial charge in [-0.1, -0.05) is 0 Å². The number of benzene rings is 1. The average Bonchev–Trinajstić information content (AvgIpc) is 2.98. The molecule has 0 spiro atoms. The number of methoxy groups -OCH3 is 2. The number of hydrogen-bond donors (Lipinski definition) is 2. The summed E-state index contributed by atoms with van der Waals surface area (Å²) in [6.45, 7) is -0.408. The maximum Gasteiger partial charge on any atom is 0.355 e. The molecule has 2 aromatic rings. The second-order valence-electron chi connectivity index (χ2n) is 4.46. The maximum atomic E-state index is 11.9. The second kappa shape index (κ2) is 7.68. The fourth-order valence-electron chi connectivity index (χ4n) is 1.77. The summed E-state index contributed by atoms with van der Waals surface area (Å²) in [5, 5.41) is 2.61. The number of nitrogens with one attached hydrogen (secondary N) is 2. The van der Waals surface area contributed by atoms with Gasteiger partial charge in [0.1, 0.15) is 17.2 Å². The van der Waals surface area contributed by atoms with Crippen molar-refractivity contribution in [3.8, 4) is 11.5 Å². The van der Waals surface area contributed by atoms with Crippen molar-refractivity contribution in [2.45, 2.75) is 0 Å². The molecule has 8 heteroatoms. The first kappa shape index (κ1) is 16.9. The summed E-state index contributed by atoms with van der Waals surface area (Å²) < 4.78 is 15.9. The molecule has 0 atom stereocenters. The molecular formula is C15H15BrN2O5. The zero-order valence-electron chi connectivity index (χ0n) is 12.5. The largest absolute Gasteiger partial charge is 0.497 e. The third-order valence-electron chi connectivity index (χ3n) is 2.84. The van der Waals surface area contributed by atoms with E-state index in [1.807, 2.05) is 0 Å². The van der Waals surface area contributed by atoms with Crippen LogP contribution in [0.1, 0.15) is 10.5 Å². The van der Waals surface area contributed by atoms with Crippen LogP contribution in [0.3, 0.4) is 0 Å². The van der Waals surface area contributed by atoms with Gasteiger partial charge in [0.2, 0.25) is 0 Å². The van der Waals surface area contributed by atoms with E-state index in [-0.39, 0.29) is 5.69 Å². The Morgan fingerprint density at radius 3 is 2.30 bits per heavy atom. The number of aromatic amines is 1. The lowest BCUT2D eigenvalue weighted by atomic mass is 10.2. The van der Waals surface area contributed by atoms with E-state index in [1.165, 1.54) is 14.2 Å². The van der Waals surface area contributed by atoms with Gasteiger partial charge >= 0.3 is 5.97 Å². The SMILES string of the molecule is COc1cc(NC(=O)COC(=O)c2cc(Br)c[nH]2)cc(OC)c1. The highest BCUT2D eigenvalue weighted by Crippen LogP contribution is 2.25. The van der Waals surface area contributed by atoms with Crippen LogP contribution in [0.5, 0.6) is 11.5 Å². The first-order valence-electron chi connectivity index (χ1n) is 6.56. The van der Waals surface area contributed by atoms with Gasteiger partial charge in [-0.05, 0) is 22.0 Å². The number of esters is 1. The molecule has 0 aliphatic carbocycles. The van der Waals surface area contributed by atoms with Crippen molar-refractivity contribution in [2.24, 2.45) is 0 Å². The number of amides is 1. The molecule has 0 unspecified atom stereocenters. The lowest BCUT2D eigenvalue weighted by Crippen LogP contribution is -2.21. The number of ether oxygens (including phenoxy) is 3. The van der Waals surface area contributed by atoms with Crippen molar-refractivity contribution in [1.82, 2.24) is 4.98 Å². The molecule has 1 aromatic carbocycles. The molecule has 1 aromatic heterocycles. The van der Waals surface area contributed by atoms with Crippen LogP contribution < -0.4 is 14.8 Å². The van der Waals surface area contributed by atoms with Crippen molar-refractivity contribution >= 4 is 33.5 Å². The van der Waals surface area contributed by atoms with Gasteiger partial charge in [0.15, 0.2) is 6.61 Å². The van der Waals surface area contributed by atoms with Gasteiger partial charge in [0.05, 0.1) is 14.2 Å². The monoisotopic (exact) mass is 382 g/mol. The third kappa shape index (κ3) is 4.75. The smallest absolute Gasteiger partial charge is 0.355 e. The standard InChI is InChI=1S/C15H15BrN2O5/c1-21-11-4-10(5-12(6-11)22-2)18-14(19)8-23-15(20)13-3-9(16)7-17-13/h3-7,17H,8H2,1-2H3,(H,18,19). The van der Waals surface area contributed by atoms with Gasteiger partial charge in [0.25, 0.3) is 5.91 Å². The third-order valence-corrected chi connectivity index (χ3v) is 3.30. The van der Waals surface area contributed by atoms with Gasteiger partial charge in [0, 0.05) is 34.6 Å². The van der Waals surface area contributed by atoms with E-state index in [9.17, 15) is 9.59 Å². The Morgan fingerprint density at radius 2 is 1.78 bits per heavy atom. The van der Waals surface area contributed by atoms with E-state index in [0.29, 0.717) is 17.2 Å². The second-order valence-corrected chi connectivity index (χ2v) is 5.37. The molecule has 0 aliphatic rings. The molecule has 0 aliphatic heterocycles.